The van der Waals surface area contributed by atoms with Gasteiger partial charge in [0.05, 0.1) is 13.2 Å². The van der Waals surface area contributed by atoms with Gasteiger partial charge in [-0.2, -0.15) is 0 Å². The van der Waals surface area contributed by atoms with Crippen LogP contribution < -0.4 is 15.1 Å². The van der Waals surface area contributed by atoms with Gasteiger partial charge in [-0.05, 0) is 48.9 Å². The zero-order chi connectivity index (χ0) is 18.6. The van der Waals surface area contributed by atoms with Crippen molar-refractivity contribution in [1.82, 2.24) is 0 Å². The predicted octanol–water partition coefficient (Wildman–Crippen LogP) is 2.90. The number of nitrogens with zero attached hydrogens (tertiary/aromatic N) is 2. The number of carbonyl (C=O) groups excluding carboxylic acids is 2. The molecule has 2 heterocycles. The molecule has 0 spiro atoms. The summed E-state index contributed by atoms with van der Waals surface area (Å²) in [6.45, 7) is 3.97. The van der Waals surface area contributed by atoms with Gasteiger partial charge in [0, 0.05) is 48.7 Å². The minimum atomic E-state index is -0.178. The number of ether oxygens (including phenoxy) is 1. The normalized spacial score (nSPS) is 17.3. The average molecular weight is 365 g/mol. The molecule has 4 rings (SSSR count). The van der Waals surface area contributed by atoms with Gasteiger partial charge in [0.25, 0.3) is 5.91 Å². The quantitative estimate of drug-likeness (QED) is 0.905. The van der Waals surface area contributed by atoms with Crippen molar-refractivity contribution in [2.45, 2.75) is 12.8 Å². The first-order valence-corrected chi connectivity index (χ1v) is 9.35. The number of amides is 2. The van der Waals surface area contributed by atoms with E-state index in [2.05, 4.69) is 10.2 Å². The minimum absolute atomic E-state index is 0.117. The average Bonchev–Trinajstić information content (AvgIpc) is 3.15. The Balaban J connectivity index is 1.43. The van der Waals surface area contributed by atoms with Crippen molar-refractivity contribution in [2.24, 2.45) is 0 Å². The van der Waals surface area contributed by atoms with Gasteiger partial charge in [-0.15, -0.1) is 0 Å². The predicted molar refractivity (Wildman–Crippen MR) is 105 cm³/mol. The third kappa shape index (κ3) is 3.95. The van der Waals surface area contributed by atoms with Crippen molar-refractivity contribution in [3.05, 3.63) is 54.1 Å². The van der Waals surface area contributed by atoms with Gasteiger partial charge in [0.15, 0.2) is 0 Å². The molecule has 2 saturated heterocycles. The molecule has 2 fully saturated rings. The van der Waals surface area contributed by atoms with Crippen molar-refractivity contribution in [1.29, 1.82) is 0 Å². The summed E-state index contributed by atoms with van der Waals surface area (Å²) >= 11 is 0. The highest BCUT2D eigenvalue weighted by molar-refractivity contribution is 6.05. The van der Waals surface area contributed by atoms with E-state index in [1.54, 1.807) is 17.0 Å². The smallest absolute Gasteiger partial charge is 0.255 e. The Labute approximate surface area is 158 Å². The van der Waals surface area contributed by atoms with Crippen LogP contribution >= 0.6 is 0 Å². The van der Waals surface area contributed by atoms with Gasteiger partial charge in [0.2, 0.25) is 5.91 Å². The Morgan fingerprint density at radius 1 is 0.963 bits per heavy atom. The number of hydrogen-bond acceptors (Lipinski definition) is 4. The zero-order valence-electron chi connectivity index (χ0n) is 15.2. The Morgan fingerprint density at radius 3 is 2.44 bits per heavy atom. The zero-order valence-corrected chi connectivity index (χ0v) is 15.2. The van der Waals surface area contributed by atoms with E-state index in [1.807, 2.05) is 36.4 Å². The van der Waals surface area contributed by atoms with Crippen LogP contribution in [0.2, 0.25) is 0 Å². The van der Waals surface area contributed by atoms with E-state index in [1.165, 1.54) is 0 Å². The van der Waals surface area contributed by atoms with E-state index < -0.39 is 0 Å². The first kappa shape index (κ1) is 17.5. The van der Waals surface area contributed by atoms with Crippen molar-refractivity contribution in [3.63, 3.8) is 0 Å². The van der Waals surface area contributed by atoms with Crippen LogP contribution in [-0.4, -0.2) is 44.7 Å². The second-order valence-corrected chi connectivity index (χ2v) is 6.80. The molecule has 6 heteroatoms. The minimum Gasteiger partial charge on any atom is -0.378 e. The maximum Gasteiger partial charge on any atom is 0.255 e. The van der Waals surface area contributed by atoms with E-state index in [0.29, 0.717) is 18.5 Å². The van der Waals surface area contributed by atoms with Crippen molar-refractivity contribution in [3.8, 4) is 0 Å². The molecule has 2 aromatic carbocycles. The number of morpholine rings is 1. The molecule has 0 bridgehead atoms. The Hall–Kier alpha value is -2.86. The van der Waals surface area contributed by atoms with Crippen LogP contribution in [-0.2, 0) is 9.53 Å². The number of carbonyl (C=O) groups is 2. The molecule has 2 aliphatic rings. The second-order valence-electron chi connectivity index (χ2n) is 6.80. The largest absolute Gasteiger partial charge is 0.378 e. The van der Waals surface area contributed by atoms with Crippen molar-refractivity contribution in [2.75, 3.05) is 48.0 Å². The molecular weight excluding hydrogens is 342 g/mol. The van der Waals surface area contributed by atoms with E-state index in [9.17, 15) is 9.59 Å². The molecule has 0 radical (unpaired) electrons. The molecule has 2 aromatic rings. The van der Waals surface area contributed by atoms with Gasteiger partial charge in [0.1, 0.15) is 0 Å². The number of benzene rings is 2. The molecule has 2 amide bonds. The molecule has 6 nitrogen and oxygen atoms in total. The Kier molecular flexibility index (Phi) is 5.07. The number of rotatable bonds is 4. The molecule has 27 heavy (non-hydrogen) atoms. The van der Waals surface area contributed by atoms with Gasteiger partial charge >= 0.3 is 0 Å². The van der Waals surface area contributed by atoms with Crippen LogP contribution in [0.4, 0.5) is 17.1 Å². The lowest BCUT2D eigenvalue weighted by Gasteiger charge is -2.28. The lowest BCUT2D eigenvalue weighted by molar-refractivity contribution is -0.117. The maximum atomic E-state index is 12.6. The fourth-order valence-electron chi connectivity index (χ4n) is 3.52. The highest BCUT2D eigenvalue weighted by atomic mass is 16.5. The highest BCUT2D eigenvalue weighted by Gasteiger charge is 2.22. The van der Waals surface area contributed by atoms with Crippen LogP contribution in [0.5, 0.6) is 0 Å². The maximum absolute atomic E-state index is 12.6. The summed E-state index contributed by atoms with van der Waals surface area (Å²) in [5, 5.41) is 2.93. The summed E-state index contributed by atoms with van der Waals surface area (Å²) < 4.78 is 5.38. The molecule has 0 aliphatic carbocycles. The number of nitrogens with one attached hydrogen (secondary N) is 1. The Bertz CT molecular complexity index is 829. The number of anilines is 3. The molecule has 0 aromatic heterocycles. The van der Waals surface area contributed by atoms with E-state index in [4.69, 9.17) is 4.74 Å². The topological polar surface area (TPSA) is 61.9 Å². The van der Waals surface area contributed by atoms with Gasteiger partial charge in [-0.1, -0.05) is 6.07 Å². The summed E-state index contributed by atoms with van der Waals surface area (Å²) in [5.41, 5.74) is 3.21. The third-order valence-electron chi connectivity index (χ3n) is 4.99. The van der Waals surface area contributed by atoms with Gasteiger partial charge in [-0.3, -0.25) is 9.59 Å². The molecule has 140 valence electrons. The summed E-state index contributed by atoms with van der Waals surface area (Å²) in [7, 11) is 0. The van der Waals surface area contributed by atoms with Gasteiger partial charge in [-0.25, -0.2) is 0 Å². The molecular formula is C21H23N3O3. The first-order valence-electron chi connectivity index (χ1n) is 9.35. The summed E-state index contributed by atoms with van der Waals surface area (Å²) in [6, 6.07) is 15.1. The Morgan fingerprint density at radius 2 is 1.74 bits per heavy atom. The van der Waals surface area contributed by atoms with E-state index in [0.717, 1.165) is 49.8 Å². The standard InChI is InChI=1S/C21H23N3O3/c25-20-5-2-10-24(20)19-4-1-3-16(15-19)21(26)22-17-6-8-18(9-7-17)23-11-13-27-14-12-23/h1,3-4,6-9,15H,2,5,10-14H2,(H,22,26). The van der Waals surface area contributed by atoms with Crippen LogP contribution in [0.15, 0.2) is 48.5 Å². The molecule has 1 N–H and O–H groups in total. The molecule has 0 unspecified atom stereocenters. The monoisotopic (exact) mass is 365 g/mol. The van der Waals surface area contributed by atoms with E-state index in [-0.39, 0.29) is 11.8 Å². The summed E-state index contributed by atoms with van der Waals surface area (Å²) in [6.07, 6.45) is 1.44. The highest BCUT2D eigenvalue weighted by Crippen LogP contribution is 2.23. The van der Waals surface area contributed by atoms with Crippen LogP contribution in [0.25, 0.3) is 0 Å². The summed E-state index contributed by atoms with van der Waals surface area (Å²) in [5.74, 6) is -0.0612. The third-order valence-corrected chi connectivity index (χ3v) is 4.99. The fourth-order valence-corrected chi connectivity index (χ4v) is 3.52. The van der Waals surface area contributed by atoms with E-state index >= 15 is 0 Å². The SMILES string of the molecule is O=C(Nc1ccc(N2CCOCC2)cc1)c1cccc(N2CCCC2=O)c1. The van der Waals surface area contributed by atoms with Crippen LogP contribution in [0.1, 0.15) is 23.2 Å². The number of hydrogen-bond donors (Lipinski definition) is 1. The second kappa shape index (κ2) is 7.80. The van der Waals surface area contributed by atoms with Crippen LogP contribution in [0, 0.1) is 0 Å². The molecule has 0 saturated carbocycles. The first-order chi connectivity index (χ1) is 13.2. The van der Waals surface area contributed by atoms with Gasteiger partial charge < -0.3 is 19.9 Å². The lowest BCUT2D eigenvalue weighted by Crippen LogP contribution is -2.36. The lowest BCUT2D eigenvalue weighted by atomic mass is 10.1. The summed E-state index contributed by atoms with van der Waals surface area (Å²) in [4.78, 5) is 28.5. The molecule has 0 atom stereocenters. The molecule has 2 aliphatic heterocycles. The van der Waals surface area contributed by atoms with Crippen molar-refractivity contribution >= 4 is 28.9 Å². The van der Waals surface area contributed by atoms with Crippen LogP contribution in [0.3, 0.4) is 0 Å². The fraction of sp³-hybridized carbons (Fsp3) is 0.333. The van der Waals surface area contributed by atoms with Crippen molar-refractivity contribution < 1.29 is 14.3 Å².